The number of rotatable bonds is 6. The molecule has 0 aromatic heterocycles. The molecule has 1 aromatic rings. The fraction of sp³-hybridized carbons (Fsp3) is 0.588. The summed E-state index contributed by atoms with van der Waals surface area (Å²) < 4.78 is 28.9. The van der Waals surface area contributed by atoms with Crippen molar-refractivity contribution in [1.29, 1.82) is 0 Å². The number of benzene rings is 1. The van der Waals surface area contributed by atoms with Crippen molar-refractivity contribution >= 4 is 15.8 Å². The SMILES string of the molecule is CN=C(NCCS(=O)(=O)C(C)(C)C)N(C)Cc1ccccc1OC. The lowest BCUT2D eigenvalue weighted by Gasteiger charge is -2.24. The zero-order valence-electron chi connectivity index (χ0n) is 15.5. The number of guanidine groups is 1. The van der Waals surface area contributed by atoms with E-state index in [-0.39, 0.29) is 5.75 Å². The molecule has 7 heteroatoms. The van der Waals surface area contributed by atoms with Crippen molar-refractivity contribution in [1.82, 2.24) is 10.2 Å². The van der Waals surface area contributed by atoms with Crippen molar-refractivity contribution in [3.05, 3.63) is 29.8 Å². The molecule has 0 saturated heterocycles. The van der Waals surface area contributed by atoms with Crippen molar-refractivity contribution in [3.63, 3.8) is 0 Å². The molecule has 0 saturated carbocycles. The molecule has 0 aliphatic heterocycles. The summed E-state index contributed by atoms with van der Waals surface area (Å²) in [4.78, 5) is 6.15. The largest absolute Gasteiger partial charge is 0.496 e. The minimum atomic E-state index is -3.15. The molecule has 0 heterocycles. The maximum absolute atomic E-state index is 12.2. The molecule has 0 radical (unpaired) electrons. The highest BCUT2D eigenvalue weighted by molar-refractivity contribution is 7.92. The van der Waals surface area contributed by atoms with Gasteiger partial charge in [0.25, 0.3) is 0 Å². The van der Waals surface area contributed by atoms with E-state index in [1.807, 2.05) is 36.2 Å². The Labute approximate surface area is 145 Å². The summed E-state index contributed by atoms with van der Waals surface area (Å²) in [5, 5.41) is 3.11. The van der Waals surface area contributed by atoms with Crippen LogP contribution in [0.3, 0.4) is 0 Å². The monoisotopic (exact) mass is 355 g/mol. The van der Waals surface area contributed by atoms with Crippen molar-refractivity contribution in [2.75, 3.05) is 33.5 Å². The lowest BCUT2D eigenvalue weighted by molar-refractivity contribution is 0.396. The van der Waals surface area contributed by atoms with Crippen LogP contribution < -0.4 is 10.1 Å². The number of sulfone groups is 1. The van der Waals surface area contributed by atoms with Crippen molar-refractivity contribution in [2.45, 2.75) is 32.1 Å². The van der Waals surface area contributed by atoms with Crippen LogP contribution in [0.2, 0.25) is 0 Å². The molecule has 0 spiro atoms. The van der Waals surface area contributed by atoms with Gasteiger partial charge in [-0.05, 0) is 26.8 Å². The number of hydrogen-bond acceptors (Lipinski definition) is 4. The van der Waals surface area contributed by atoms with Crippen molar-refractivity contribution < 1.29 is 13.2 Å². The van der Waals surface area contributed by atoms with Gasteiger partial charge in [0, 0.05) is 32.7 Å². The van der Waals surface area contributed by atoms with Gasteiger partial charge in [-0.1, -0.05) is 18.2 Å². The molecule has 0 aliphatic carbocycles. The van der Waals surface area contributed by atoms with E-state index in [0.29, 0.717) is 19.0 Å². The number of nitrogens with one attached hydrogen (secondary N) is 1. The van der Waals surface area contributed by atoms with Gasteiger partial charge in [0.15, 0.2) is 15.8 Å². The van der Waals surface area contributed by atoms with Crippen LogP contribution in [0.15, 0.2) is 29.3 Å². The molecule has 24 heavy (non-hydrogen) atoms. The maximum Gasteiger partial charge on any atom is 0.193 e. The first kappa shape index (κ1) is 20.3. The van der Waals surface area contributed by atoms with Crippen LogP contribution in [0.5, 0.6) is 5.75 Å². The molecule has 0 fully saturated rings. The van der Waals surface area contributed by atoms with Gasteiger partial charge in [0.1, 0.15) is 5.75 Å². The van der Waals surface area contributed by atoms with E-state index in [1.165, 1.54) is 0 Å². The third-order valence-electron chi connectivity index (χ3n) is 3.76. The van der Waals surface area contributed by atoms with E-state index in [0.717, 1.165) is 11.3 Å². The van der Waals surface area contributed by atoms with E-state index in [9.17, 15) is 8.42 Å². The molecule has 6 nitrogen and oxygen atoms in total. The van der Waals surface area contributed by atoms with Crippen molar-refractivity contribution in [2.24, 2.45) is 4.99 Å². The quantitative estimate of drug-likeness (QED) is 0.623. The molecule has 1 N–H and O–H groups in total. The van der Waals surface area contributed by atoms with Gasteiger partial charge in [0.2, 0.25) is 0 Å². The summed E-state index contributed by atoms with van der Waals surface area (Å²) in [5.41, 5.74) is 1.03. The first-order valence-corrected chi connectivity index (χ1v) is 9.53. The van der Waals surface area contributed by atoms with Crippen LogP contribution >= 0.6 is 0 Å². The third-order valence-corrected chi connectivity index (χ3v) is 6.37. The topological polar surface area (TPSA) is 71.0 Å². The van der Waals surface area contributed by atoms with Gasteiger partial charge in [-0.15, -0.1) is 0 Å². The lowest BCUT2D eigenvalue weighted by Crippen LogP contribution is -2.42. The molecular formula is C17H29N3O3S. The number of methoxy groups -OCH3 is 1. The molecule has 0 atom stereocenters. The molecule has 0 aliphatic rings. The second-order valence-electron chi connectivity index (χ2n) is 6.57. The van der Waals surface area contributed by atoms with Gasteiger partial charge < -0.3 is 15.0 Å². The number of ether oxygens (including phenoxy) is 1. The average molecular weight is 356 g/mol. The van der Waals surface area contributed by atoms with Crippen LogP contribution in [0.1, 0.15) is 26.3 Å². The van der Waals surface area contributed by atoms with Crippen LogP contribution in [-0.2, 0) is 16.4 Å². The Morgan fingerprint density at radius 2 is 1.92 bits per heavy atom. The fourth-order valence-corrected chi connectivity index (χ4v) is 3.14. The van der Waals surface area contributed by atoms with E-state index in [1.54, 1.807) is 34.9 Å². The van der Waals surface area contributed by atoms with Crippen LogP contribution in [0.25, 0.3) is 0 Å². The Bertz CT molecular complexity index is 664. The Morgan fingerprint density at radius 3 is 2.46 bits per heavy atom. The molecular weight excluding hydrogens is 326 g/mol. The molecule has 1 rings (SSSR count). The summed E-state index contributed by atoms with van der Waals surface area (Å²) in [6.07, 6.45) is 0. The summed E-state index contributed by atoms with van der Waals surface area (Å²) in [6, 6.07) is 7.78. The highest BCUT2D eigenvalue weighted by atomic mass is 32.2. The predicted octanol–water partition coefficient (Wildman–Crippen LogP) is 1.92. The van der Waals surface area contributed by atoms with E-state index >= 15 is 0 Å². The zero-order valence-corrected chi connectivity index (χ0v) is 16.3. The Hall–Kier alpha value is -1.76. The summed E-state index contributed by atoms with van der Waals surface area (Å²) >= 11 is 0. The molecule has 1 aromatic carbocycles. The standard InChI is InChI=1S/C17H29N3O3S/c1-17(2,3)24(21,22)12-11-19-16(18-4)20(5)13-14-9-7-8-10-15(14)23-6/h7-10H,11-13H2,1-6H3,(H,18,19). The summed E-state index contributed by atoms with van der Waals surface area (Å²) in [7, 11) is 2.07. The number of aliphatic imine (C=N–C) groups is 1. The van der Waals surface area contributed by atoms with Crippen LogP contribution in [0, 0.1) is 0 Å². The first-order valence-electron chi connectivity index (χ1n) is 7.88. The maximum atomic E-state index is 12.2. The number of para-hydroxylation sites is 1. The highest BCUT2D eigenvalue weighted by Crippen LogP contribution is 2.19. The summed E-state index contributed by atoms with van der Waals surface area (Å²) in [5.74, 6) is 1.53. The summed E-state index contributed by atoms with van der Waals surface area (Å²) in [6.45, 7) is 6.07. The van der Waals surface area contributed by atoms with Gasteiger partial charge in [-0.25, -0.2) is 8.42 Å². The van der Waals surface area contributed by atoms with Crippen LogP contribution in [0.4, 0.5) is 0 Å². The molecule has 0 unspecified atom stereocenters. The lowest BCUT2D eigenvalue weighted by atomic mass is 10.2. The van der Waals surface area contributed by atoms with Gasteiger partial charge in [-0.3, -0.25) is 4.99 Å². The second kappa shape index (κ2) is 8.37. The van der Waals surface area contributed by atoms with Crippen molar-refractivity contribution in [3.8, 4) is 5.75 Å². The first-order chi connectivity index (χ1) is 11.1. The highest BCUT2D eigenvalue weighted by Gasteiger charge is 2.28. The number of hydrogen-bond donors (Lipinski definition) is 1. The molecule has 0 bridgehead atoms. The average Bonchev–Trinajstić information content (AvgIpc) is 2.50. The Morgan fingerprint density at radius 1 is 1.29 bits per heavy atom. The second-order valence-corrected chi connectivity index (χ2v) is 9.44. The minimum absolute atomic E-state index is 0.0675. The molecule has 136 valence electrons. The van der Waals surface area contributed by atoms with E-state index < -0.39 is 14.6 Å². The minimum Gasteiger partial charge on any atom is -0.496 e. The Kier molecular flexibility index (Phi) is 7.08. The molecule has 0 amide bonds. The predicted molar refractivity (Wildman–Crippen MR) is 99.4 cm³/mol. The van der Waals surface area contributed by atoms with E-state index in [4.69, 9.17) is 4.74 Å². The van der Waals surface area contributed by atoms with Gasteiger partial charge >= 0.3 is 0 Å². The fourth-order valence-electron chi connectivity index (χ4n) is 2.15. The van der Waals surface area contributed by atoms with Gasteiger partial charge in [-0.2, -0.15) is 0 Å². The number of nitrogens with zero attached hydrogens (tertiary/aromatic N) is 2. The Balaban J connectivity index is 2.67. The third kappa shape index (κ3) is 5.40. The zero-order chi connectivity index (χ0) is 18.4. The normalized spacial score (nSPS) is 12.8. The van der Waals surface area contributed by atoms with Crippen LogP contribution in [-0.4, -0.2) is 57.5 Å². The van der Waals surface area contributed by atoms with Gasteiger partial charge in [0.05, 0.1) is 17.6 Å². The smallest absolute Gasteiger partial charge is 0.193 e. The van der Waals surface area contributed by atoms with E-state index in [2.05, 4.69) is 10.3 Å².